The van der Waals surface area contributed by atoms with Crippen LogP contribution in [0.3, 0.4) is 0 Å². The fourth-order valence-corrected chi connectivity index (χ4v) is 1.68. The first-order valence-corrected chi connectivity index (χ1v) is 6.92. The summed E-state index contributed by atoms with van der Waals surface area (Å²) in [4.78, 5) is 12.0. The van der Waals surface area contributed by atoms with Crippen molar-refractivity contribution in [3.05, 3.63) is 0 Å². The normalized spacial score (nSPS) is 15.6. The minimum atomic E-state index is -0.241. The van der Waals surface area contributed by atoms with E-state index < -0.39 is 0 Å². The minimum Gasteiger partial charge on any atom is -0.396 e. The van der Waals surface area contributed by atoms with Gasteiger partial charge in [0, 0.05) is 18.2 Å². The van der Waals surface area contributed by atoms with E-state index in [0.29, 0.717) is 12.3 Å². The van der Waals surface area contributed by atoms with Gasteiger partial charge in [-0.05, 0) is 39.5 Å². The van der Waals surface area contributed by atoms with Gasteiger partial charge >= 0.3 is 0 Å². The first-order chi connectivity index (χ1) is 8.23. The summed E-state index contributed by atoms with van der Waals surface area (Å²) >= 11 is 0. The molecule has 0 saturated heterocycles. The van der Waals surface area contributed by atoms with Gasteiger partial charge < -0.3 is 15.7 Å². The van der Waals surface area contributed by atoms with Gasteiger partial charge in [-0.25, -0.2) is 0 Å². The molecule has 0 aliphatic rings. The van der Waals surface area contributed by atoms with Crippen molar-refractivity contribution in [2.45, 2.75) is 72.0 Å². The molecule has 1 amide bonds. The number of carbonyl (C=O) groups is 1. The maximum Gasteiger partial charge on any atom is 0.237 e. The molecule has 0 bridgehead atoms. The van der Waals surface area contributed by atoms with Crippen LogP contribution >= 0.6 is 0 Å². The second-order valence-electron chi connectivity index (χ2n) is 5.98. The van der Waals surface area contributed by atoms with Crippen molar-refractivity contribution in [3.63, 3.8) is 0 Å². The fraction of sp³-hybridized carbons (Fsp3) is 0.929. The molecule has 18 heavy (non-hydrogen) atoms. The highest BCUT2D eigenvalue weighted by atomic mass is 16.3. The van der Waals surface area contributed by atoms with Gasteiger partial charge in [-0.2, -0.15) is 0 Å². The Balaban J connectivity index is 4.37. The summed E-state index contributed by atoms with van der Waals surface area (Å²) in [5.41, 5.74) is -0.169. The van der Waals surface area contributed by atoms with Crippen molar-refractivity contribution in [1.29, 1.82) is 0 Å². The summed E-state index contributed by atoms with van der Waals surface area (Å²) in [5.74, 6) is 0.414. The lowest BCUT2D eigenvalue weighted by atomic mass is 9.99. The van der Waals surface area contributed by atoms with Gasteiger partial charge in [-0.1, -0.05) is 20.8 Å². The molecule has 0 aromatic carbocycles. The van der Waals surface area contributed by atoms with Crippen molar-refractivity contribution in [3.8, 4) is 0 Å². The third-order valence-electron chi connectivity index (χ3n) is 3.45. The standard InChI is InChI=1S/C14H30N2O2/c1-7-14(5,6)16-13(18)11(4)15-12(8-9-17)10(2)3/h10-12,15,17H,7-9H2,1-6H3,(H,16,18). The molecule has 2 unspecified atom stereocenters. The smallest absolute Gasteiger partial charge is 0.237 e. The largest absolute Gasteiger partial charge is 0.396 e. The molecule has 0 aliphatic heterocycles. The average Bonchev–Trinajstić information content (AvgIpc) is 2.27. The van der Waals surface area contributed by atoms with Crippen molar-refractivity contribution in [1.82, 2.24) is 10.6 Å². The summed E-state index contributed by atoms with van der Waals surface area (Å²) in [6.07, 6.45) is 1.57. The zero-order chi connectivity index (χ0) is 14.3. The van der Waals surface area contributed by atoms with Crippen molar-refractivity contribution in [2.75, 3.05) is 6.61 Å². The van der Waals surface area contributed by atoms with Crippen molar-refractivity contribution in [2.24, 2.45) is 5.92 Å². The molecule has 0 aromatic heterocycles. The van der Waals surface area contributed by atoms with Crippen LogP contribution in [0.2, 0.25) is 0 Å². The van der Waals surface area contributed by atoms with Crippen molar-refractivity contribution < 1.29 is 9.90 Å². The predicted molar refractivity (Wildman–Crippen MR) is 75.4 cm³/mol. The summed E-state index contributed by atoms with van der Waals surface area (Å²) in [6.45, 7) is 12.3. The molecule has 0 heterocycles. The number of hydrogen-bond donors (Lipinski definition) is 3. The number of aliphatic hydroxyl groups excluding tert-OH is 1. The Morgan fingerprint density at radius 1 is 1.28 bits per heavy atom. The molecule has 0 radical (unpaired) electrons. The molecule has 4 heteroatoms. The first kappa shape index (κ1) is 17.4. The molecule has 0 aliphatic carbocycles. The topological polar surface area (TPSA) is 61.4 Å². The summed E-state index contributed by atoms with van der Waals surface area (Å²) in [5, 5.41) is 15.3. The Labute approximate surface area is 112 Å². The second-order valence-corrected chi connectivity index (χ2v) is 5.98. The molecule has 0 rings (SSSR count). The van der Waals surface area contributed by atoms with E-state index in [0.717, 1.165) is 6.42 Å². The van der Waals surface area contributed by atoms with Crippen molar-refractivity contribution >= 4 is 5.91 Å². The van der Waals surface area contributed by atoms with Gasteiger partial charge in [-0.15, -0.1) is 0 Å². The Bertz CT molecular complexity index is 252. The molecule has 4 nitrogen and oxygen atoms in total. The van der Waals surface area contributed by atoms with Crippen LogP contribution in [-0.2, 0) is 4.79 Å². The zero-order valence-corrected chi connectivity index (χ0v) is 12.7. The number of nitrogens with one attached hydrogen (secondary N) is 2. The third kappa shape index (κ3) is 6.36. The molecule has 0 saturated carbocycles. The predicted octanol–water partition coefficient (Wildman–Crippen LogP) is 1.68. The molecule has 2 atom stereocenters. The Kier molecular flexibility index (Phi) is 7.48. The van der Waals surface area contributed by atoms with E-state index in [1.54, 1.807) is 0 Å². The van der Waals surface area contributed by atoms with Crippen LogP contribution in [0.5, 0.6) is 0 Å². The van der Waals surface area contributed by atoms with Crippen LogP contribution in [0.25, 0.3) is 0 Å². The van der Waals surface area contributed by atoms with Gasteiger partial charge in [0.2, 0.25) is 5.91 Å². The first-order valence-electron chi connectivity index (χ1n) is 6.92. The van der Waals surface area contributed by atoms with Gasteiger partial charge in [0.15, 0.2) is 0 Å². The lowest BCUT2D eigenvalue weighted by Gasteiger charge is -2.29. The SMILES string of the molecule is CCC(C)(C)NC(=O)C(C)NC(CCO)C(C)C. The average molecular weight is 258 g/mol. The summed E-state index contributed by atoms with van der Waals surface area (Å²) in [6, 6.07) is -0.0738. The van der Waals surface area contributed by atoms with E-state index in [-0.39, 0.29) is 30.1 Å². The van der Waals surface area contributed by atoms with E-state index in [9.17, 15) is 4.79 Å². The molecule has 0 aromatic rings. The van der Waals surface area contributed by atoms with Crippen LogP contribution < -0.4 is 10.6 Å². The molecular weight excluding hydrogens is 228 g/mol. The minimum absolute atomic E-state index is 0.0189. The highest BCUT2D eigenvalue weighted by Gasteiger charge is 2.24. The highest BCUT2D eigenvalue weighted by molar-refractivity contribution is 5.82. The van der Waals surface area contributed by atoms with Crippen LogP contribution in [0.1, 0.15) is 54.4 Å². The van der Waals surface area contributed by atoms with E-state index in [4.69, 9.17) is 5.11 Å². The van der Waals surface area contributed by atoms with Crippen LogP contribution in [-0.4, -0.2) is 35.2 Å². The monoisotopic (exact) mass is 258 g/mol. The van der Waals surface area contributed by atoms with Crippen LogP contribution in [0.4, 0.5) is 0 Å². The maximum absolute atomic E-state index is 12.0. The Morgan fingerprint density at radius 2 is 1.83 bits per heavy atom. The molecule has 3 N–H and O–H groups in total. The van der Waals surface area contributed by atoms with E-state index >= 15 is 0 Å². The van der Waals surface area contributed by atoms with Crippen LogP contribution in [0, 0.1) is 5.92 Å². The molecular formula is C14H30N2O2. The van der Waals surface area contributed by atoms with E-state index in [2.05, 4.69) is 31.4 Å². The third-order valence-corrected chi connectivity index (χ3v) is 3.45. The summed E-state index contributed by atoms with van der Waals surface area (Å²) in [7, 11) is 0. The second kappa shape index (κ2) is 7.74. The van der Waals surface area contributed by atoms with Gasteiger partial charge in [0.25, 0.3) is 0 Å². The number of amides is 1. The lowest BCUT2D eigenvalue weighted by molar-refractivity contribution is -0.124. The molecule has 108 valence electrons. The number of aliphatic hydroxyl groups is 1. The summed E-state index contributed by atoms with van der Waals surface area (Å²) < 4.78 is 0. The van der Waals surface area contributed by atoms with Gasteiger partial charge in [0.1, 0.15) is 0 Å². The van der Waals surface area contributed by atoms with Gasteiger partial charge in [-0.3, -0.25) is 4.79 Å². The quantitative estimate of drug-likeness (QED) is 0.621. The van der Waals surface area contributed by atoms with Gasteiger partial charge in [0.05, 0.1) is 6.04 Å². The highest BCUT2D eigenvalue weighted by Crippen LogP contribution is 2.09. The maximum atomic E-state index is 12.0. The van der Waals surface area contributed by atoms with E-state index in [1.165, 1.54) is 0 Å². The zero-order valence-electron chi connectivity index (χ0n) is 12.7. The number of hydrogen-bond acceptors (Lipinski definition) is 3. The molecule has 0 fully saturated rings. The fourth-order valence-electron chi connectivity index (χ4n) is 1.68. The lowest BCUT2D eigenvalue weighted by Crippen LogP contribution is -2.53. The van der Waals surface area contributed by atoms with Crippen LogP contribution in [0.15, 0.2) is 0 Å². The molecule has 0 spiro atoms. The number of carbonyl (C=O) groups excluding carboxylic acids is 1. The Morgan fingerprint density at radius 3 is 2.22 bits per heavy atom. The number of rotatable bonds is 8. The van der Waals surface area contributed by atoms with E-state index in [1.807, 2.05) is 20.8 Å². The Hall–Kier alpha value is -0.610.